The van der Waals surface area contributed by atoms with Crippen LogP contribution in [0.5, 0.6) is 0 Å². The summed E-state index contributed by atoms with van der Waals surface area (Å²) in [4.78, 5) is 11.3. The number of nitrogens with zero attached hydrogens (tertiary/aromatic N) is 4. The van der Waals surface area contributed by atoms with Crippen LogP contribution in [0.2, 0.25) is 5.02 Å². The van der Waals surface area contributed by atoms with Crippen molar-refractivity contribution in [3.05, 3.63) is 35.2 Å². The fourth-order valence-corrected chi connectivity index (χ4v) is 3.71. The zero-order valence-electron chi connectivity index (χ0n) is 17.5. The van der Waals surface area contributed by atoms with E-state index in [4.69, 9.17) is 16.1 Å². The van der Waals surface area contributed by atoms with Gasteiger partial charge in [-0.3, -0.25) is 9.89 Å². The Morgan fingerprint density at radius 1 is 1.24 bits per heavy atom. The molecule has 3 rings (SSSR count). The molecule has 0 atom stereocenters. The van der Waals surface area contributed by atoms with Crippen molar-refractivity contribution in [1.82, 2.24) is 25.7 Å². The minimum Gasteiger partial charge on any atom is -0.356 e. The molecule has 1 aliphatic rings. The molecule has 29 heavy (non-hydrogen) atoms. The van der Waals surface area contributed by atoms with Gasteiger partial charge < -0.3 is 15.2 Å². The van der Waals surface area contributed by atoms with Crippen LogP contribution in [0, 0.1) is 0 Å². The lowest BCUT2D eigenvalue weighted by Gasteiger charge is -2.41. The lowest BCUT2D eigenvalue weighted by molar-refractivity contribution is 0.0982. The quantitative estimate of drug-likeness (QED) is 0.530. The molecule has 2 heterocycles. The molecule has 0 amide bonds. The van der Waals surface area contributed by atoms with Gasteiger partial charge in [-0.15, -0.1) is 0 Å². The second-order valence-corrected chi connectivity index (χ2v) is 8.42. The number of rotatable bonds is 7. The summed E-state index contributed by atoms with van der Waals surface area (Å²) in [6, 6.07) is 7.43. The number of aromatic nitrogens is 2. The molecule has 1 aromatic carbocycles. The maximum Gasteiger partial charge on any atom is 0.228 e. The molecule has 8 heteroatoms. The lowest BCUT2D eigenvalue weighted by atomic mass is 9.98. The van der Waals surface area contributed by atoms with Crippen LogP contribution < -0.4 is 10.6 Å². The Hall–Kier alpha value is -2.12. The van der Waals surface area contributed by atoms with Crippen molar-refractivity contribution in [1.29, 1.82) is 0 Å². The van der Waals surface area contributed by atoms with E-state index in [1.165, 1.54) is 32.4 Å². The Balaban J connectivity index is 1.45. The van der Waals surface area contributed by atoms with Gasteiger partial charge in [0.2, 0.25) is 11.7 Å². The summed E-state index contributed by atoms with van der Waals surface area (Å²) in [5.74, 6) is 1.91. The Bertz CT molecular complexity index is 813. The molecule has 2 N–H and O–H groups in total. The summed E-state index contributed by atoms with van der Waals surface area (Å²) >= 11 is 6.03. The average molecular weight is 419 g/mol. The Labute approximate surface area is 177 Å². The molecular formula is C21H31ClN6O. The summed E-state index contributed by atoms with van der Waals surface area (Å²) < 4.78 is 5.36. The predicted octanol–water partition coefficient (Wildman–Crippen LogP) is 3.36. The molecule has 0 aliphatic carbocycles. The second-order valence-electron chi connectivity index (χ2n) is 7.98. The number of hydrogen-bond donors (Lipinski definition) is 2. The van der Waals surface area contributed by atoms with Gasteiger partial charge in [0.1, 0.15) is 0 Å². The Kier molecular flexibility index (Phi) is 7.50. The van der Waals surface area contributed by atoms with Gasteiger partial charge in [0.15, 0.2) is 5.96 Å². The monoisotopic (exact) mass is 418 g/mol. The van der Waals surface area contributed by atoms with Gasteiger partial charge in [0.05, 0.1) is 0 Å². The largest absolute Gasteiger partial charge is 0.356 e. The van der Waals surface area contributed by atoms with E-state index < -0.39 is 0 Å². The van der Waals surface area contributed by atoms with Crippen molar-refractivity contribution in [3.8, 4) is 11.4 Å². The van der Waals surface area contributed by atoms with Crippen molar-refractivity contribution in [2.45, 2.75) is 45.1 Å². The number of likely N-dealkylation sites (tertiary alicyclic amines) is 1. The van der Waals surface area contributed by atoms with Gasteiger partial charge in [0, 0.05) is 42.7 Å². The smallest absolute Gasteiger partial charge is 0.228 e. The first kappa shape index (κ1) is 21.6. The molecule has 0 radical (unpaired) electrons. The molecule has 0 saturated carbocycles. The van der Waals surface area contributed by atoms with Crippen molar-refractivity contribution < 1.29 is 4.52 Å². The third kappa shape index (κ3) is 6.18. The van der Waals surface area contributed by atoms with Crippen LogP contribution >= 0.6 is 11.6 Å². The summed E-state index contributed by atoms with van der Waals surface area (Å²) in [5.41, 5.74) is 0.939. The number of guanidine groups is 1. The first-order chi connectivity index (χ1) is 14.0. The Morgan fingerprint density at radius 2 is 2.03 bits per heavy atom. The maximum absolute atomic E-state index is 6.03. The van der Waals surface area contributed by atoms with Crippen LogP contribution in [0.15, 0.2) is 33.8 Å². The lowest BCUT2D eigenvalue weighted by Crippen LogP contribution is -2.55. The van der Waals surface area contributed by atoms with Crippen LogP contribution in [-0.4, -0.2) is 59.8 Å². The van der Waals surface area contributed by atoms with Crippen LogP contribution in [-0.2, 0) is 6.42 Å². The van der Waals surface area contributed by atoms with Gasteiger partial charge in [0.25, 0.3) is 0 Å². The van der Waals surface area contributed by atoms with E-state index >= 15 is 0 Å². The highest BCUT2D eigenvalue weighted by atomic mass is 35.5. The first-order valence-electron chi connectivity index (χ1n) is 10.3. The predicted molar refractivity (Wildman–Crippen MR) is 117 cm³/mol. The van der Waals surface area contributed by atoms with E-state index in [1.807, 2.05) is 24.3 Å². The molecular weight excluding hydrogens is 388 g/mol. The highest BCUT2D eigenvalue weighted by Gasteiger charge is 2.27. The molecule has 0 spiro atoms. The number of nitrogens with one attached hydrogen (secondary N) is 2. The summed E-state index contributed by atoms with van der Waals surface area (Å²) in [6.07, 6.45) is 4.54. The van der Waals surface area contributed by atoms with E-state index in [0.29, 0.717) is 29.7 Å². The fraction of sp³-hybridized carbons (Fsp3) is 0.571. The van der Waals surface area contributed by atoms with Crippen molar-refractivity contribution >= 4 is 17.6 Å². The van der Waals surface area contributed by atoms with Crippen molar-refractivity contribution in [3.63, 3.8) is 0 Å². The third-order valence-electron chi connectivity index (χ3n) is 5.31. The highest BCUT2D eigenvalue weighted by Crippen LogP contribution is 2.20. The summed E-state index contributed by atoms with van der Waals surface area (Å²) in [5, 5.41) is 11.5. The number of piperidine rings is 1. The van der Waals surface area contributed by atoms with Crippen molar-refractivity contribution in [2.75, 3.05) is 33.2 Å². The van der Waals surface area contributed by atoms with Crippen LogP contribution in [0.4, 0.5) is 0 Å². The summed E-state index contributed by atoms with van der Waals surface area (Å²) in [6.45, 7) is 8.41. The molecule has 1 fully saturated rings. The molecule has 1 aromatic heterocycles. The highest BCUT2D eigenvalue weighted by molar-refractivity contribution is 6.30. The molecule has 2 aromatic rings. The third-order valence-corrected chi connectivity index (χ3v) is 5.54. The van der Waals surface area contributed by atoms with Gasteiger partial charge in [-0.25, -0.2) is 0 Å². The van der Waals surface area contributed by atoms with E-state index in [9.17, 15) is 0 Å². The molecule has 1 aliphatic heterocycles. The van der Waals surface area contributed by atoms with E-state index in [-0.39, 0.29) is 5.54 Å². The number of benzene rings is 1. The summed E-state index contributed by atoms with van der Waals surface area (Å²) in [7, 11) is 1.78. The zero-order chi connectivity index (χ0) is 20.7. The van der Waals surface area contributed by atoms with Crippen LogP contribution in [0.3, 0.4) is 0 Å². The number of aliphatic imine (C=N–C) groups is 1. The first-order valence-corrected chi connectivity index (χ1v) is 10.6. The van der Waals surface area contributed by atoms with Crippen LogP contribution in [0.25, 0.3) is 11.4 Å². The number of hydrogen-bond acceptors (Lipinski definition) is 5. The molecule has 0 bridgehead atoms. The van der Waals surface area contributed by atoms with Gasteiger partial charge >= 0.3 is 0 Å². The normalized spacial score (nSPS) is 16.1. The zero-order valence-corrected chi connectivity index (χ0v) is 18.3. The maximum atomic E-state index is 6.03. The average Bonchev–Trinajstić information content (AvgIpc) is 3.20. The minimum absolute atomic E-state index is 0.0936. The van der Waals surface area contributed by atoms with E-state index in [1.54, 1.807) is 7.05 Å². The van der Waals surface area contributed by atoms with E-state index in [0.717, 1.165) is 18.1 Å². The molecule has 158 valence electrons. The molecule has 7 nitrogen and oxygen atoms in total. The Morgan fingerprint density at radius 3 is 2.76 bits per heavy atom. The topological polar surface area (TPSA) is 78.6 Å². The number of halogens is 1. The molecule has 0 unspecified atom stereocenters. The minimum atomic E-state index is 0.0936. The van der Waals surface area contributed by atoms with Crippen LogP contribution in [0.1, 0.15) is 39.0 Å². The SMILES string of the molecule is CN=C(NCCc1nc(-c2cccc(Cl)c2)no1)NCC(C)(C)N1CCCCC1. The standard InChI is InChI=1S/C21H31ClN6O/c1-21(2,28-12-5-4-6-13-28)15-25-20(23-3)24-11-10-18-26-19(27-29-18)16-8-7-9-17(22)14-16/h7-9,14H,4-6,10-13,15H2,1-3H3,(H2,23,24,25). The fourth-order valence-electron chi connectivity index (χ4n) is 3.52. The van der Waals surface area contributed by atoms with Gasteiger partial charge in [-0.2, -0.15) is 4.98 Å². The second kappa shape index (κ2) is 10.1. The van der Waals surface area contributed by atoms with Crippen molar-refractivity contribution in [2.24, 2.45) is 4.99 Å². The van der Waals surface area contributed by atoms with E-state index in [2.05, 4.69) is 44.5 Å². The van der Waals surface area contributed by atoms with Gasteiger partial charge in [-0.05, 0) is 51.9 Å². The molecule has 1 saturated heterocycles. The van der Waals surface area contributed by atoms with Gasteiger partial charge in [-0.1, -0.05) is 35.3 Å².